The van der Waals surface area contributed by atoms with Crippen LogP contribution in [0, 0.1) is 6.92 Å². The lowest BCUT2D eigenvalue weighted by Gasteiger charge is -2.11. The fourth-order valence-electron chi connectivity index (χ4n) is 2.76. The molecule has 0 atom stereocenters. The molecular formula is C22H21N3O4S. The molecule has 0 heterocycles. The summed E-state index contributed by atoms with van der Waals surface area (Å²) in [6, 6.07) is 19.2. The summed E-state index contributed by atoms with van der Waals surface area (Å²) in [7, 11) is -2.26. The van der Waals surface area contributed by atoms with Crippen molar-refractivity contribution in [3.8, 4) is 0 Å². The molecule has 3 aromatic rings. The molecule has 0 saturated heterocycles. The maximum absolute atomic E-state index is 12.6. The molecule has 30 heavy (non-hydrogen) atoms. The normalized spacial score (nSPS) is 10.9. The first kappa shape index (κ1) is 21.1. The Balaban J connectivity index is 1.74. The summed E-state index contributed by atoms with van der Waals surface area (Å²) in [4.78, 5) is 24.2. The highest BCUT2D eigenvalue weighted by atomic mass is 32.2. The molecule has 3 aromatic carbocycles. The SMILES string of the molecule is CNC(=O)c1cccc(NC(=O)c2ccc(S(=O)(=O)Nc3ccccc3C)cc2)c1. The van der Waals surface area contributed by atoms with Gasteiger partial charge in [-0.05, 0) is 61.0 Å². The van der Waals surface area contributed by atoms with E-state index >= 15 is 0 Å². The van der Waals surface area contributed by atoms with E-state index in [2.05, 4.69) is 15.4 Å². The second-order valence-corrected chi connectivity index (χ2v) is 8.24. The molecule has 2 amide bonds. The average Bonchev–Trinajstić information content (AvgIpc) is 2.75. The van der Waals surface area contributed by atoms with Crippen LogP contribution in [0.5, 0.6) is 0 Å². The van der Waals surface area contributed by atoms with Crippen LogP contribution in [-0.2, 0) is 10.0 Å². The maximum Gasteiger partial charge on any atom is 0.261 e. The predicted octanol–water partition coefficient (Wildman–Crippen LogP) is 3.41. The van der Waals surface area contributed by atoms with Crippen molar-refractivity contribution in [2.45, 2.75) is 11.8 Å². The van der Waals surface area contributed by atoms with Gasteiger partial charge in [-0.2, -0.15) is 0 Å². The minimum absolute atomic E-state index is 0.0453. The second-order valence-electron chi connectivity index (χ2n) is 6.56. The van der Waals surface area contributed by atoms with Crippen LogP contribution in [0.3, 0.4) is 0 Å². The lowest BCUT2D eigenvalue weighted by Crippen LogP contribution is -2.18. The molecule has 3 rings (SSSR count). The van der Waals surface area contributed by atoms with Crippen LogP contribution in [0.1, 0.15) is 26.3 Å². The van der Waals surface area contributed by atoms with E-state index in [0.717, 1.165) is 5.56 Å². The zero-order valence-electron chi connectivity index (χ0n) is 16.5. The van der Waals surface area contributed by atoms with E-state index in [-0.39, 0.29) is 16.4 Å². The van der Waals surface area contributed by atoms with Crippen LogP contribution in [-0.4, -0.2) is 27.3 Å². The van der Waals surface area contributed by atoms with Gasteiger partial charge in [-0.15, -0.1) is 0 Å². The number of aryl methyl sites for hydroxylation is 1. The average molecular weight is 423 g/mol. The number of sulfonamides is 1. The minimum atomic E-state index is -3.78. The highest BCUT2D eigenvalue weighted by Crippen LogP contribution is 2.20. The molecule has 0 fully saturated rings. The molecule has 7 nitrogen and oxygen atoms in total. The summed E-state index contributed by atoms with van der Waals surface area (Å²) < 4.78 is 27.8. The van der Waals surface area contributed by atoms with Crippen LogP contribution < -0.4 is 15.4 Å². The van der Waals surface area contributed by atoms with Gasteiger partial charge in [-0.1, -0.05) is 24.3 Å². The summed E-state index contributed by atoms with van der Waals surface area (Å²) in [5.74, 6) is -0.679. The molecule has 8 heteroatoms. The van der Waals surface area contributed by atoms with Gasteiger partial charge >= 0.3 is 0 Å². The van der Waals surface area contributed by atoms with Crippen molar-refractivity contribution in [3.63, 3.8) is 0 Å². The Morgan fingerprint density at radius 3 is 2.17 bits per heavy atom. The molecule has 0 saturated carbocycles. The number of hydrogen-bond donors (Lipinski definition) is 3. The zero-order valence-corrected chi connectivity index (χ0v) is 17.3. The number of carbonyl (C=O) groups excluding carboxylic acids is 2. The number of rotatable bonds is 6. The van der Waals surface area contributed by atoms with E-state index in [1.165, 1.54) is 31.3 Å². The Bertz CT molecular complexity index is 1190. The summed E-state index contributed by atoms with van der Waals surface area (Å²) in [6.07, 6.45) is 0. The molecule has 0 bridgehead atoms. The summed E-state index contributed by atoms with van der Waals surface area (Å²) in [5.41, 5.74) is 2.46. The molecule has 0 aliphatic heterocycles. The van der Waals surface area contributed by atoms with Gasteiger partial charge < -0.3 is 10.6 Å². The van der Waals surface area contributed by atoms with Gasteiger partial charge in [-0.25, -0.2) is 8.42 Å². The maximum atomic E-state index is 12.6. The van der Waals surface area contributed by atoms with E-state index in [4.69, 9.17) is 0 Å². The van der Waals surface area contributed by atoms with E-state index < -0.39 is 15.9 Å². The van der Waals surface area contributed by atoms with Gasteiger partial charge in [-0.3, -0.25) is 14.3 Å². The van der Waals surface area contributed by atoms with Crippen molar-refractivity contribution in [2.24, 2.45) is 0 Å². The van der Waals surface area contributed by atoms with Crippen LogP contribution in [0.15, 0.2) is 77.7 Å². The fraction of sp³-hybridized carbons (Fsp3) is 0.0909. The van der Waals surface area contributed by atoms with Gasteiger partial charge in [0.15, 0.2) is 0 Å². The van der Waals surface area contributed by atoms with Crippen molar-refractivity contribution in [1.82, 2.24) is 5.32 Å². The third kappa shape index (κ3) is 4.84. The fourth-order valence-corrected chi connectivity index (χ4v) is 3.89. The molecule has 3 N–H and O–H groups in total. The number of para-hydroxylation sites is 1. The third-order valence-electron chi connectivity index (χ3n) is 4.43. The number of carbonyl (C=O) groups is 2. The third-order valence-corrected chi connectivity index (χ3v) is 5.81. The van der Waals surface area contributed by atoms with Crippen molar-refractivity contribution in [3.05, 3.63) is 89.5 Å². The van der Waals surface area contributed by atoms with Crippen LogP contribution in [0.4, 0.5) is 11.4 Å². The molecule has 0 aliphatic rings. The quantitative estimate of drug-likeness (QED) is 0.565. The Morgan fingerprint density at radius 1 is 0.800 bits per heavy atom. The highest BCUT2D eigenvalue weighted by Gasteiger charge is 2.16. The second kappa shape index (κ2) is 8.79. The minimum Gasteiger partial charge on any atom is -0.355 e. The molecule has 0 radical (unpaired) electrons. The van der Waals surface area contributed by atoms with Crippen LogP contribution >= 0.6 is 0 Å². The standard InChI is InChI=1S/C22H21N3O4S/c1-15-6-3-4-9-20(15)25-30(28,29)19-12-10-16(11-13-19)22(27)24-18-8-5-7-17(14-18)21(26)23-2/h3-14,25H,1-2H3,(H,23,26)(H,24,27). The van der Waals surface area contributed by atoms with Crippen LogP contribution in [0.2, 0.25) is 0 Å². The molecule has 0 aliphatic carbocycles. The number of anilines is 2. The molecule has 0 aromatic heterocycles. The van der Waals surface area contributed by atoms with Crippen molar-refractivity contribution in [1.29, 1.82) is 0 Å². The monoisotopic (exact) mass is 423 g/mol. The van der Waals surface area contributed by atoms with Gasteiger partial charge in [0.25, 0.3) is 21.8 Å². The summed E-state index contributed by atoms with van der Waals surface area (Å²) in [5, 5.41) is 5.22. The first-order valence-corrected chi connectivity index (χ1v) is 10.6. The lowest BCUT2D eigenvalue weighted by molar-refractivity contribution is 0.0961. The number of nitrogens with one attached hydrogen (secondary N) is 3. The topological polar surface area (TPSA) is 104 Å². The highest BCUT2D eigenvalue weighted by molar-refractivity contribution is 7.92. The first-order valence-electron chi connectivity index (χ1n) is 9.12. The molecule has 0 unspecified atom stereocenters. The summed E-state index contributed by atoms with van der Waals surface area (Å²) in [6.45, 7) is 1.81. The number of hydrogen-bond acceptors (Lipinski definition) is 4. The largest absolute Gasteiger partial charge is 0.355 e. The predicted molar refractivity (Wildman–Crippen MR) is 116 cm³/mol. The van der Waals surface area contributed by atoms with Crippen LogP contribution in [0.25, 0.3) is 0 Å². The first-order chi connectivity index (χ1) is 14.3. The summed E-state index contributed by atoms with van der Waals surface area (Å²) >= 11 is 0. The van der Waals surface area contributed by atoms with E-state index in [9.17, 15) is 18.0 Å². The van der Waals surface area contributed by atoms with E-state index in [0.29, 0.717) is 16.9 Å². The molecular weight excluding hydrogens is 402 g/mol. The zero-order chi connectivity index (χ0) is 21.7. The Morgan fingerprint density at radius 2 is 1.50 bits per heavy atom. The molecule has 154 valence electrons. The number of benzene rings is 3. The van der Waals surface area contributed by atoms with Gasteiger partial charge in [0.1, 0.15) is 0 Å². The van der Waals surface area contributed by atoms with Gasteiger partial charge in [0.2, 0.25) is 0 Å². The van der Waals surface area contributed by atoms with Crippen molar-refractivity contribution >= 4 is 33.2 Å². The smallest absolute Gasteiger partial charge is 0.261 e. The Hall–Kier alpha value is -3.65. The molecule has 0 spiro atoms. The van der Waals surface area contributed by atoms with Crippen molar-refractivity contribution < 1.29 is 18.0 Å². The number of amides is 2. The Labute approximate surface area is 175 Å². The van der Waals surface area contributed by atoms with E-state index in [1.807, 2.05) is 19.1 Å². The van der Waals surface area contributed by atoms with Gasteiger partial charge in [0.05, 0.1) is 10.6 Å². The Kier molecular flexibility index (Phi) is 6.17. The van der Waals surface area contributed by atoms with Gasteiger partial charge in [0, 0.05) is 23.9 Å². The lowest BCUT2D eigenvalue weighted by atomic mass is 10.1. The van der Waals surface area contributed by atoms with Crippen molar-refractivity contribution in [2.75, 3.05) is 17.1 Å². The van der Waals surface area contributed by atoms with E-state index in [1.54, 1.807) is 36.4 Å².